The highest BCUT2D eigenvalue weighted by Gasteiger charge is 2.26. The summed E-state index contributed by atoms with van der Waals surface area (Å²) in [6.45, 7) is 5.16. The molecule has 0 aliphatic carbocycles. The van der Waals surface area contributed by atoms with E-state index in [1.165, 1.54) is 19.2 Å². The Morgan fingerprint density at radius 1 is 1.32 bits per heavy atom. The van der Waals surface area contributed by atoms with Crippen molar-refractivity contribution < 1.29 is 17.9 Å². The zero-order valence-corrected chi connectivity index (χ0v) is 12.2. The normalized spacial score (nSPS) is 12.1. The molecule has 0 radical (unpaired) electrons. The average Bonchev–Trinajstić information content (AvgIpc) is 2.25. The molecule has 1 amide bonds. The minimum atomic E-state index is -4.01. The van der Waals surface area contributed by atoms with Crippen LogP contribution in [0.4, 0.5) is 5.69 Å². The summed E-state index contributed by atoms with van der Waals surface area (Å²) in [6, 6.07) is 4.50. The highest BCUT2D eigenvalue weighted by molar-refractivity contribution is 7.89. The van der Waals surface area contributed by atoms with Gasteiger partial charge in [-0.3, -0.25) is 4.79 Å². The van der Waals surface area contributed by atoms with Gasteiger partial charge < -0.3 is 10.1 Å². The number of benzene rings is 1. The number of hydrogen-bond acceptors (Lipinski definition) is 4. The summed E-state index contributed by atoms with van der Waals surface area (Å²) in [7, 11) is -2.67. The lowest BCUT2D eigenvalue weighted by Crippen LogP contribution is -2.29. The van der Waals surface area contributed by atoms with Gasteiger partial charge in [0.15, 0.2) is 0 Å². The Labute approximate surface area is 113 Å². The van der Waals surface area contributed by atoms with Crippen molar-refractivity contribution in [2.75, 3.05) is 12.4 Å². The van der Waals surface area contributed by atoms with Crippen molar-refractivity contribution in [2.24, 2.45) is 10.6 Å². The van der Waals surface area contributed by atoms with E-state index in [1.807, 2.05) is 0 Å². The van der Waals surface area contributed by atoms with Crippen molar-refractivity contribution in [3.8, 4) is 5.75 Å². The van der Waals surface area contributed by atoms with E-state index < -0.39 is 15.4 Å². The Bertz CT molecular complexity index is 588. The van der Waals surface area contributed by atoms with Gasteiger partial charge in [0.25, 0.3) is 0 Å². The first-order chi connectivity index (χ1) is 8.57. The van der Waals surface area contributed by atoms with E-state index in [2.05, 4.69) is 5.32 Å². The van der Waals surface area contributed by atoms with E-state index >= 15 is 0 Å². The van der Waals surface area contributed by atoms with Gasteiger partial charge in [-0.05, 0) is 12.1 Å². The van der Waals surface area contributed by atoms with Crippen LogP contribution in [-0.2, 0) is 14.8 Å². The largest absolute Gasteiger partial charge is 0.495 e. The summed E-state index contributed by atoms with van der Waals surface area (Å²) in [6.07, 6.45) is 0. The topological polar surface area (TPSA) is 98.5 Å². The van der Waals surface area contributed by atoms with Crippen LogP contribution in [0.1, 0.15) is 20.8 Å². The van der Waals surface area contributed by atoms with Crippen LogP contribution in [0.5, 0.6) is 5.75 Å². The molecule has 7 heteroatoms. The Balaban J connectivity index is 3.34. The van der Waals surface area contributed by atoms with Crippen molar-refractivity contribution in [1.82, 2.24) is 0 Å². The molecule has 1 rings (SSSR count). The highest BCUT2D eigenvalue weighted by atomic mass is 32.2. The maximum atomic E-state index is 11.9. The fraction of sp³-hybridized carbons (Fsp3) is 0.417. The van der Waals surface area contributed by atoms with Gasteiger partial charge in [0.1, 0.15) is 10.6 Å². The van der Waals surface area contributed by atoms with Crippen LogP contribution < -0.4 is 15.2 Å². The van der Waals surface area contributed by atoms with Crippen LogP contribution in [0.2, 0.25) is 0 Å². The quantitative estimate of drug-likeness (QED) is 0.875. The predicted octanol–water partition coefficient (Wildman–Crippen LogP) is 1.33. The van der Waals surface area contributed by atoms with Crippen molar-refractivity contribution >= 4 is 21.6 Å². The Morgan fingerprint density at radius 3 is 2.32 bits per heavy atom. The van der Waals surface area contributed by atoms with Gasteiger partial charge in [-0.2, -0.15) is 0 Å². The van der Waals surface area contributed by atoms with Gasteiger partial charge >= 0.3 is 0 Å². The Morgan fingerprint density at radius 2 is 1.89 bits per heavy atom. The number of nitrogens with two attached hydrogens (primary N) is 1. The summed E-state index contributed by atoms with van der Waals surface area (Å²) >= 11 is 0. The number of carbonyl (C=O) groups is 1. The van der Waals surface area contributed by atoms with Crippen LogP contribution in [0.25, 0.3) is 0 Å². The van der Waals surface area contributed by atoms with E-state index in [0.29, 0.717) is 0 Å². The fourth-order valence-electron chi connectivity index (χ4n) is 1.38. The monoisotopic (exact) mass is 286 g/mol. The Hall–Kier alpha value is -1.60. The standard InChI is InChI=1S/C12H18N2O4S/c1-12(2,3)11(15)14-8-6-5-7-9(18-4)10(8)19(13,16)17/h5-7H,1-4H3,(H,14,15)(H2,13,16,17). The lowest BCUT2D eigenvalue weighted by Gasteiger charge is -2.19. The van der Waals surface area contributed by atoms with Gasteiger partial charge in [0.2, 0.25) is 15.9 Å². The first-order valence-corrected chi connectivity index (χ1v) is 7.13. The summed E-state index contributed by atoms with van der Waals surface area (Å²) < 4.78 is 28.2. The highest BCUT2D eigenvalue weighted by Crippen LogP contribution is 2.31. The molecule has 0 aromatic heterocycles. The molecule has 19 heavy (non-hydrogen) atoms. The van der Waals surface area contributed by atoms with Crippen LogP contribution in [0.3, 0.4) is 0 Å². The number of amides is 1. The molecule has 1 aromatic carbocycles. The first kappa shape index (κ1) is 15.5. The summed E-state index contributed by atoms with van der Waals surface area (Å²) in [5.74, 6) is -0.222. The molecule has 0 bridgehead atoms. The molecule has 0 saturated heterocycles. The minimum Gasteiger partial charge on any atom is -0.495 e. The molecular weight excluding hydrogens is 268 g/mol. The van der Waals surface area contributed by atoms with Gasteiger partial charge in [-0.15, -0.1) is 0 Å². The molecule has 3 N–H and O–H groups in total. The second kappa shape index (κ2) is 5.18. The van der Waals surface area contributed by atoms with Gasteiger partial charge in [0.05, 0.1) is 12.8 Å². The van der Waals surface area contributed by atoms with E-state index in [4.69, 9.17) is 9.88 Å². The van der Waals surface area contributed by atoms with Gasteiger partial charge in [-0.1, -0.05) is 26.8 Å². The number of sulfonamides is 1. The number of anilines is 1. The third-order valence-electron chi connectivity index (χ3n) is 2.41. The first-order valence-electron chi connectivity index (χ1n) is 5.58. The van der Waals surface area contributed by atoms with Gasteiger partial charge in [0, 0.05) is 5.41 Å². The zero-order chi connectivity index (χ0) is 14.8. The molecule has 0 unspecified atom stereocenters. The number of nitrogens with one attached hydrogen (secondary N) is 1. The molecule has 0 aliphatic heterocycles. The van der Waals surface area contributed by atoms with Crippen LogP contribution in [0, 0.1) is 5.41 Å². The van der Waals surface area contributed by atoms with Crippen molar-refractivity contribution in [3.63, 3.8) is 0 Å². The number of primary sulfonamides is 1. The second-order valence-electron chi connectivity index (χ2n) is 5.09. The third-order valence-corrected chi connectivity index (χ3v) is 3.40. The fourth-order valence-corrected chi connectivity index (χ4v) is 2.24. The molecule has 0 atom stereocenters. The third kappa shape index (κ3) is 3.68. The van der Waals surface area contributed by atoms with Gasteiger partial charge in [-0.25, -0.2) is 13.6 Å². The molecular formula is C12H18N2O4S. The predicted molar refractivity (Wildman–Crippen MR) is 72.5 cm³/mol. The molecule has 1 aromatic rings. The number of methoxy groups -OCH3 is 1. The molecule has 0 saturated carbocycles. The van der Waals surface area contributed by atoms with Crippen LogP contribution in [-0.4, -0.2) is 21.4 Å². The van der Waals surface area contributed by atoms with Crippen molar-refractivity contribution in [3.05, 3.63) is 18.2 Å². The Kier molecular flexibility index (Phi) is 4.21. The molecule has 0 spiro atoms. The average molecular weight is 286 g/mol. The van der Waals surface area contributed by atoms with Crippen molar-refractivity contribution in [1.29, 1.82) is 0 Å². The molecule has 0 aliphatic rings. The SMILES string of the molecule is COc1cccc(NC(=O)C(C)(C)C)c1S(N)(=O)=O. The van der Waals surface area contributed by atoms with Crippen LogP contribution in [0.15, 0.2) is 23.1 Å². The van der Waals surface area contributed by atoms with Crippen LogP contribution >= 0.6 is 0 Å². The van der Waals surface area contributed by atoms with E-state index in [1.54, 1.807) is 26.8 Å². The molecule has 106 valence electrons. The summed E-state index contributed by atoms with van der Waals surface area (Å²) in [5.41, 5.74) is -0.541. The lowest BCUT2D eigenvalue weighted by molar-refractivity contribution is -0.123. The van der Waals surface area contributed by atoms with Crippen molar-refractivity contribution in [2.45, 2.75) is 25.7 Å². The maximum absolute atomic E-state index is 11.9. The zero-order valence-electron chi connectivity index (χ0n) is 11.4. The molecule has 0 fully saturated rings. The van der Waals surface area contributed by atoms with E-state index in [-0.39, 0.29) is 22.2 Å². The molecule has 6 nitrogen and oxygen atoms in total. The summed E-state index contributed by atoms with van der Waals surface area (Å²) in [5, 5.41) is 7.71. The van der Waals surface area contributed by atoms with E-state index in [0.717, 1.165) is 0 Å². The number of hydrogen-bond donors (Lipinski definition) is 2. The smallest absolute Gasteiger partial charge is 0.243 e. The van der Waals surface area contributed by atoms with E-state index in [9.17, 15) is 13.2 Å². The maximum Gasteiger partial charge on any atom is 0.243 e. The lowest BCUT2D eigenvalue weighted by atomic mass is 9.95. The summed E-state index contributed by atoms with van der Waals surface area (Å²) in [4.78, 5) is 11.7. The minimum absolute atomic E-state index is 0.0919. The molecule has 0 heterocycles. The number of rotatable bonds is 3. The number of ether oxygens (including phenoxy) is 1. The number of carbonyl (C=O) groups excluding carboxylic acids is 1. The second-order valence-corrected chi connectivity index (χ2v) is 6.58.